The lowest BCUT2D eigenvalue weighted by Gasteiger charge is -2.12. The van der Waals surface area contributed by atoms with Crippen molar-refractivity contribution >= 4 is 0 Å². The van der Waals surface area contributed by atoms with E-state index in [2.05, 4.69) is 36.3 Å². The van der Waals surface area contributed by atoms with Crippen LogP contribution in [0.15, 0.2) is 12.3 Å². The summed E-state index contributed by atoms with van der Waals surface area (Å²) in [6.07, 6.45) is 3.01. The van der Waals surface area contributed by atoms with E-state index in [1.807, 2.05) is 6.07 Å². The van der Waals surface area contributed by atoms with E-state index in [0.29, 0.717) is 6.04 Å². The van der Waals surface area contributed by atoms with Gasteiger partial charge in [0.2, 0.25) is 0 Å². The van der Waals surface area contributed by atoms with Crippen molar-refractivity contribution in [2.24, 2.45) is 5.92 Å². The van der Waals surface area contributed by atoms with Gasteiger partial charge in [0.15, 0.2) is 0 Å². The standard InChI is InChI=1S/C10H19N3/c1-8(2)4-6-11-9(3)10-5-7-12-13-10/h5,7-9,11H,4,6H2,1-3H3,(H,12,13). The topological polar surface area (TPSA) is 40.7 Å². The molecule has 0 bridgehead atoms. The predicted octanol–water partition coefficient (Wildman–Crippen LogP) is 2.11. The van der Waals surface area contributed by atoms with Crippen LogP contribution in [0.1, 0.15) is 38.9 Å². The lowest BCUT2D eigenvalue weighted by Crippen LogP contribution is -2.21. The minimum atomic E-state index is 0.376. The van der Waals surface area contributed by atoms with Crippen LogP contribution < -0.4 is 5.32 Å². The fraction of sp³-hybridized carbons (Fsp3) is 0.700. The molecule has 1 aromatic rings. The average Bonchev–Trinajstić information content (AvgIpc) is 2.55. The van der Waals surface area contributed by atoms with E-state index in [-0.39, 0.29) is 0 Å². The van der Waals surface area contributed by atoms with E-state index in [1.165, 1.54) is 6.42 Å². The first kappa shape index (κ1) is 10.3. The van der Waals surface area contributed by atoms with Crippen molar-refractivity contribution in [3.05, 3.63) is 18.0 Å². The molecule has 1 unspecified atom stereocenters. The number of nitrogens with zero attached hydrogens (tertiary/aromatic N) is 1. The summed E-state index contributed by atoms with van der Waals surface area (Å²) in [7, 11) is 0. The molecule has 0 aliphatic carbocycles. The Kier molecular flexibility index (Phi) is 3.96. The molecule has 0 spiro atoms. The smallest absolute Gasteiger partial charge is 0.0518 e. The second-order valence-electron chi connectivity index (χ2n) is 3.87. The molecule has 1 atom stereocenters. The highest BCUT2D eigenvalue weighted by molar-refractivity contribution is 5.02. The van der Waals surface area contributed by atoms with Gasteiger partial charge in [-0.15, -0.1) is 0 Å². The molecule has 0 amide bonds. The minimum Gasteiger partial charge on any atom is -0.309 e. The normalized spacial score (nSPS) is 13.5. The second-order valence-corrected chi connectivity index (χ2v) is 3.87. The predicted molar refractivity (Wildman–Crippen MR) is 54.5 cm³/mol. The van der Waals surface area contributed by atoms with Crippen LogP contribution in [0.2, 0.25) is 0 Å². The Morgan fingerprint density at radius 3 is 2.77 bits per heavy atom. The highest BCUT2D eigenvalue weighted by atomic mass is 15.1. The van der Waals surface area contributed by atoms with Gasteiger partial charge in [-0.05, 0) is 31.9 Å². The summed E-state index contributed by atoms with van der Waals surface area (Å²) in [5.41, 5.74) is 1.16. The largest absolute Gasteiger partial charge is 0.309 e. The summed E-state index contributed by atoms with van der Waals surface area (Å²) in [6.45, 7) is 7.69. The van der Waals surface area contributed by atoms with Crippen LogP contribution in [0.3, 0.4) is 0 Å². The maximum absolute atomic E-state index is 3.92. The van der Waals surface area contributed by atoms with Gasteiger partial charge in [-0.1, -0.05) is 13.8 Å². The summed E-state index contributed by atoms with van der Waals surface area (Å²) in [5.74, 6) is 0.765. The van der Waals surface area contributed by atoms with Gasteiger partial charge in [0.25, 0.3) is 0 Å². The van der Waals surface area contributed by atoms with E-state index < -0.39 is 0 Å². The zero-order valence-electron chi connectivity index (χ0n) is 8.67. The van der Waals surface area contributed by atoms with Crippen molar-refractivity contribution in [3.63, 3.8) is 0 Å². The molecular weight excluding hydrogens is 162 g/mol. The molecule has 0 radical (unpaired) electrons. The molecule has 1 heterocycles. The van der Waals surface area contributed by atoms with Gasteiger partial charge < -0.3 is 5.32 Å². The third kappa shape index (κ3) is 3.59. The van der Waals surface area contributed by atoms with Crippen molar-refractivity contribution in [1.82, 2.24) is 15.5 Å². The van der Waals surface area contributed by atoms with E-state index in [0.717, 1.165) is 18.2 Å². The Morgan fingerprint density at radius 1 is 1.46 bits per heavy atom. The Morgan fingerprint density at radius 2 is 2.23 bits per heavy atom. The van der Waals surface area contributed by atoms with E-state index in [9.17, 15) is 0 Å². The lowest BCUT2D eigenvalue weighted by molar-refractivity contribution is 0.491. The van der Waals surface area contributed by atoms with Crippen molar-refractivity contribution in [2.45, 2.75) is 33.2 Å². The number of rotatable bonds is 5. The molecule has 3 heteroatoms. The molecule has 1 aromatic heterocycles. The summed E-state index contributed by atoms with van der Waals surface area (Å²) in [4.78, 5) is 0. The maximum atomic E-state index is 3.92. The van der Waals surface area contributed by atoms with Crippen LogP contribution in [-0.4, -0.2) is 16.7 Å². The third-order valence-corrected chi connectivity index (χ3v) is 2.16. The van der Waals surface area contributed by atoms with Crippen LogP contribution in [-0.2, 0) is 0 Å². The van der Waals surface area contributed by atoms with Crippen LogP contribution >= 0.6 is 0 Å². The summed E-state index contributed by atoms with van der Waals surface area (Å²) < 4.78 is 0. The summed E-state index contributed by atoms with van der Waals surface area (Å²) in [6, 6.07) is 2.38. The quantitative estimate of drug-likeness (QED) is 0.730. The van der Waals surface area contributed by atoms with E-state index >= 15 is 0 Å². The Labute approximate surface area is 79.9 Å². The first-order chi connectivity index (χ1) is 6.20. The molecule has 0 fully saturated rings. The molecule has 13 heavy (non-hydrogen) atoms. The molecule has 0 saturated carbocycles. The number of aromatic nitrogens is 2. The molecule has 1 rings (SSSR count). The Hall–Kier alpha value is -0.830. The number of aromatic amines is 1. The first-order valence-corrected chi connectivity index (χ1v) is 4.93. The van der Waals surface area contributed by atoms with Crippen molar-refractivity contribution in [1.29, 1.82) is 0 Å². The average molecular weight is 181 g/mol. The highest BCUT2D eigenvalue weighted by Crippen LogP contribution is 2.07. The Balaban J connectivity index is 2.22. The number of H-pyrrole nitrogens is 1. The van der Waals surface area contributed by atoms with Crippen LogP contribution in [0, 0.1) is 5.92 Å². The highest BCUT2D eigenvalue weighted by Gasteiger charge is 2.04. The van der Waals surface area contributed by atoms with Crippen molar-refractivity contribution < 1.29 is 0 Å². The zero-order valence-corrected chi connectivity index (χ0v) is 8.67. The van der Waals surface area contributed by atoms with Gasteiger partial charge in [-0.25, -0.2) is 0 Å². The molecular formula is C10H19N3. The summed E-state index contributed by atoms with van der Waals surface area (Å²) >= 11 is 0. The fourth-order valence-electron chi connectivity index (χ4n) is 1.21. The third-order valence-electron chi connectivity index (χ3n) is 2.16. The molecule has 0 aromatic carbocycles. The molecule has 0 aliphatic heterocycles. The van der Waals surface area contributed by atoms with E-state index in [1.54, 1.807) is 6.20 Å². The monoisotopic (exact) mass is 181 g/mol. The molecule has 0 saturated heterocycles. The molecule has 0 aliphatic rings. The van der Waals surface area contributed by atoms with Gasteiger partial charge in [0.1, 0.15) is 0 Å². The summed E-state index contributed by atoms with van der Waals surface area (Å²) in [5, 5.41) is 10.3. The van der Waals surface area contributed by atoms with Gasteiger partial charge >= 0.3 is 0 Å². The molecule has 74 valence electrons. The minimum absolute atomic E-state index is 0.376. The van der Waals surface area contributed by atoms with Crippen LogP contribution in [0.5, 0.6) is 0 Å². The zero-order chi connectivity index (χ0) is 9.68. The maximum Gasteiger partial charge on any atom is 0.0518 e. The Bertz CT molecular complexity index is 216. The lowest BCUT2D eigenvalue weighted by atomic mass is 10.1. The first-order valence-electron chi connectivity index (χ1n) is 4.93. The second kappa shape index (κ2) is 5.02. The van der Waals surface area contributed by atoms with Crippen LogP contribution in [0.4, 0.5) is 0 Å². The molecule has 2 N–H and O–H groups in total. The van der Waals surface area contributed by atoms with Crippen molar-refractivity contribution in [2.75, 3.05) is 6.54 Å². The number of hydrogen-bond donors (Lipinski definition) is 2. The number of nitrogens with one attached hydrogen (secondary N) is 2. The van der Waals surface area contributed by atoms with Gasteiger partial charge in [-0.2, -0.15) is 5.10 Å². The van der Waals surface area contributed by atoms with Crippen LogP contribution in [0.25, 0.3) is 0 Å². The molecule has 3 nitrogen and oxygen atoms in total. The fourth-order valence-corrected chi connectivity index (χ4v) is 1.21. The number of hydrogen-bond acceptors (Lipinski definition) is 2. The van der Waals surface area contributed by atoms with Gasteiger partial charge in [0, 0.05) is 12.2 Å². The SMILES string of the molecule is CC(C)CCNC(C)c1ccn[nH]1. The van der Waals surface area contributed by atoms with E-state index in [4.69, 9.17) is 0 Å². The van der Waals surface area contributed by atoms with Crippen molar-refractivity contribution in [3.8, 4) is 0 Å². The van der Waals surface area contributed by atoms with Gasteiger partial charge in [0.05, 0.1) is 5.69 Å². The van der Waals surface area contributed by atoms with Gasteiger partial charge in [-0.3, -0.25) is 5.10 Å².